The first kappa shape index (κ1) is 12.6. The Morgan fingerprint density at radius 1 is 1.35 bits per heavy atom. The highest BCUT2D eigenvalue weighted by molar-refractivity contribution is 5.32. The van der Waals surface area contributed by atoms with Crippen LogP contribution in [0.1, 0.15) is 36.8 Å². The number of aliphatic hydroxyl groups is 1. The lowest BCUT2D eigenvalue weighted by Gasteiger charge is -2.30. The largest absolute Gasteiger partial charge is 0.395 e. The van der Waals surface area contributed by atoms with Crippen molar-refractivity contribution in [3.63, 3.8) is 0 Å². The Labute approximate surface area is 104 Å². The monoisotopic (exact) mass is 233 g/mol. The Kier molecular flexibility index (Phi) is 4.57. The molecule has 1 aromatic carbocycles. The summed E-state index contributed by atoms with van der Waals surface area (Å²) in [5, 5.41) is 9.05. The zero-order valence-electron chi connectivity index (χ0n) is 10.7. The van der Waals surface area contributed by atoms with Crippen LogP contribution in [-0.2, 0) is 6.42 Å². The maximum absolute atomic E-state index is 9.05. The van der Waals surface area contributed by atoms with Crippen molar-refractivity contribution < 1.29 is 5.11 Å². The lowest BCUT2D eigenvalue weighted by atomic mass is 9.82. The van der Waals surface area contributed by atoms with Crippen molar-refractivity contribution in [1.29, 1.82) is 0 Å². The highest BCUT2D eigenvalue weighted by Gasteiger charge is 2.21. The second-order valence-corrected chi connectivity index (χ2v) is 4.90. The first-order valence-corrected chi connectivity index (χ1v) is 6.76. The maximum Gasteiger partial charge on any atom is 0.0558 e. The molecule has 0 aliphatic heterocycles. The third-order valence-corrected chi connectivity index (χ3v) is 3.84. The van der Waals surface area contributed by atoms with Crippen LogP contribution in [0.5, 0.6) is 0 Å². The van der Waals surface area contributed by atoms with E-state index >= 15 is 0 Å². The molecule has 0 amide bonds. The van der Waals surface area contributed by atoms with Crippen molar-refractivity contribution in [1.82, 2.24) is 4.90 Å². The third-order valence-electron chi connectivity index (χ3n) is 3.84. The second-order valence-electron chi connectivity index (χ2n) is 4.90. The van der Waals surface area contributed by atoms with Gasteiger partial charge in [-0.3, -0.25) is 0 Å². The lowest BCUT2D eigenvalue weighted by molar-refractivity contribution is 0.190. The minimum atomic E-state index is 0.266. The normalized spacial score (nSPS) is 19.4. The minimum absolute atomic E-state index is 0.266. The average molecular weight is 233 g/mol. The van der Waals surface area contributed by atoms with Gasteiger partial charge in [-0.05, 0) is 42.9 Å². The smallest absolute Gasteiger partial charge is 0.0558 e. The Morgan fingerprint density at radius 2 is 2.18 bits per heavy atom. The van der Waals surface area contributed by atoms with Crippen LogP contribution in [0.4, 0.5) is 0 Å². The lowest BCUT2D eigenvalue weighted by Crippen LogP contribution is -2.32. The van der Waals surface area contributed by atoms with Gasteiger partial charge in [0.05, 0.1) is 6.61 Å². The van der Waals surface area contributed by atoms with Gasteiger partial charge in [-0.15, -0.1) is 0 Å². The highest BCUT2D eigenvalue weighted by Crippen LogP contribution is 2.31. The summed E-state index contributed by atoms with van der Waals surface area (Å²) in [6, 6.07) is 8.85. The number of hydrogen-bond acceptors (Lipinski definition) is 2. The van der Waals surface area contributed by atoms with Gasteiger partial charge in [-0.25, -0.2) is 0 Å². The van der Waals surface area contributed by atoms with E-state index < -0.39 is 0 Å². The third kappa shape index (κ3) is 3.08. The summed E-state index contributed by atoms with van der Waals surface area (Å²) >= 11 is 0. The van der Waals surface area contributed by atoms with E-state index in [4.69, 9.17) is 5.11 Å². The quantitative estimate of drug-likeness (QED) is 0.844. The van der Waals surface area contributed by atoms with Gasteiger partial charge in [0.15, 0.2) is 0 Å². The van der Waals surface area contributed by atoms with Gasteiger partial charge in [0.1, 0.15) is 0 Å². The van der Waals surface area contributed by atoms with E-state index in [0.717, 1.165) is 19.6 Å². The van der Waals surface area contributed by atoms with Crippen molar-refractivity contribution in [2.45, 2.75) is 32.1 Å². The first-order chi connectivity index (χ1) is 8.35. The molecule has 0 aromatic heterocycles. The van der Waals surface area contributed by atoms with E-state index in [-0.39, 0.29) is 6.61 Å². The minimum Gasteiger partial charge on any atom is -0.395 e. The van der Waals surface area contributed by atoms with Crippen LogP contribution in [0.25, 0.3) is 0 Å². The number of nitrogens with zero attached hydrogens (tertiary/aromatic N) is 1. The molecule has 17 heavy (non-hydrogen) atoms. The highest BCUT2D eigenvalue weighted by atomic mass is 16.3. The molecule has 0 bridgehead atoms. The molecule has 1 aliphatic rings. The van der Waals surface area contributed by atoms with Crippen LogP contribution in [0.3, 0.4) is 0 Å². The molecule has 1 aromatic rings. The number of fused-ring (bicyclic) bond motifs is 1. The van der Waals surface area contributed by atoms with Gasteiger partial charge in [0, 0.05) is 13.1 Å². The van der Waals surface area contributed by atoms with Gasteiger partial charge in [0.25, 0.3) is 0 Å². The van der Waals surface area contributed by atoms with Crippen LogP contribution in [-0.4, -0.2) is 36.2 Å². The number of benzene rings is 1. The van der Waals surface area contributed by atoms with Crippen molar-refractivity contribution in [3.05, 3.63) is 35.4 Å². The number of hydrogen-bond donors (Lipinski definition) is 1. The molecule has 2 nitrogen and oxygen atoms in total. The summed E-state index contributed by atoms with van der Waals surface area (Å²) in [5.41, 5.74) is 3.07. The molecule has 1 unspecified atom stereocenters. The Bertz CT molecular complexity index is 351. The molecular weight excluding hydrogens is 210 g/mol. The van der Waals surface area contributed by atoms with Crippen molar-refractivity contribution in [3.8, 4) is 0 Å². The van der Waals surface area contributed by atoms with E-state index in [1.54, 1.807) is 0 Å². The van der Waals surface area contributed by atoms with E-state index in [2.05, 4.69) is 36.1 Å². The molecule has 1 atom stereocenters. The fraction of sp³-hybridized carbons (Fsp3) is 0.600. The number of aliphatic hydroxyl groups excluding tert-OH is 1. The van der Waals surface area contributed by atoms with Crippen LogP contribution >= 0.6 is 0 Å². The summed E-state index contributed by atoms with van der Waals surface area (Å²) in [7, 11) is 0. The summed E-state index contributed by atoms with van der Waals surface area (Å²) in [6.07, 6.45) is 3.83. The Hall–Kier alpha value is -0.860. The SMILES string of the molecule is CCN(CCO)CC1CCCc2ccccc21. The average Bonchev–Trinajstić information content (AvgIpc) is 2.38. The fourth-order valence-corrected chi connectivity index (χ4v) is 2.88. The van der Waals surface area contributed by atoms with Crippen molar-refractivity contribution in [2.75, 3.05) is 26.2 Å². The topological polar surface area (TPSA) is 23.5 Å². The predicted octanol–water partition coefficient (Wildman–Crippen LogP) is 2.42. The summed E-state index contributed by atoms with van der Waals surface area (Å²) < 4.78 is 0. The molecule has 2 heteroatoms. The molecule has 0 spiro atoms. The Morgan fingerprint density at radius 3 is 2.94 bits per heavy atom. The standard InChI is InChI=1S/C15H23NO/c1-2-16(10-11-17)12-14-8-5-7-13-6-3-4-9-15(13)14/h3-4,6,9,14,17H,2,5,7-8,10-12H2,1H3. The zero-order chi connectivity index (χ0) is 12.1. The molecule has 0 saturated heterocycles. The Balaban J connectivity index is 2.07. The van der Waals surface area contributed by atoms with Crippen molar-refractivity contribution >= 4 is 0 Å². The van der Waals surface area contributed by atoms with Gasteiger partial charge in [0.2, 0.25) is 0 Å². The van der Waals surface area contributed by atoms with E-state index in [1.165, 1.54) is 30.4 Å². The number of likely N-dealkylation sites (N-methyl/N-ethyl adjacent to an activating group) is 1. The van der Waals surface area contributed by atoms with Gasteiger partial charge < -0.3 is 10.0 Å². The van der Waals surface area contributed by atoms with Crippen LogP contribution in [0.15, 0.2) is 24.3 Å². The first-order valence-electron chi connectivity index (χ1n) is 6.76. The molecule has 1 N–H and O–H groups in total. The van der Waals surface area contributed by atoms with Crippen LogP contribution < -0.4 is 0 Å². The van der Waals surface area contributed by atoms with Crippen LogP contribution in [0.2, 0.25) is 0 Å². The van der Waals surface area contributed by atoms with E-state index in [9.17, 15) is 0 Å². The summed E-state index contributed by atoms with van der Waals surface area (Å²) in [5.74, 6) is 0.659. The molecule has 2 rings (SSSR count). The second kappa shape index (κ2) is 6.18. The van der Waals surface area contributed by atoms with Gasteiger partial charge in [-0.1, -0.05) is 31.2 Å². The van der Waals surface area contributed by atoms with E-state index in [0.29, 0.717) is 5.92 Å². The van der Waals surface area contributed by atoms with Gasteiger partial charge in [-0.2, -0.15) is 0 Å². The number of rotatable bonds is 5. The summed E-state index contributed by atoms with van der Waals surface area (Å²) in [4.78, 5) is 2.35. The molecule has 0 fully saturated rings. The zero-order valence-corrected chi connectivity index (χ0v) is 10.7. The molecule has 1 aliphatic carbocycles. The fourth-order valence-electron chi connectivity index (χ4n) is 2.88. The molecular formula is C15H23NO. The maximum atomic E-state index is 9.05. The van der Waals surface area contributed by atoms with E-state index in [1.807, 2.05) is 0 Å². The molecule has 94 valence electrons. The van der Waals surface area contributed by atoms with Crippen molar-refractivity contribution in [2.24, 2.45) is 0 Å². The number of aryl methyl sites for hydroxylation is 1. The molecule has 0 saturated carbocycles. The molecule has 0 heterocycles. The predicted molar refractivity (Wildman–Crippen MR) is 71.3 cm³/mol. The van der Waals surface area contributed by atoms with Gasteiger partial charge >= 0.3 is 0 Å². The molecule has 0 radical (unpaired) electrons. The van der Waals surface area contributed by atoms with Crippen LogP contribution in [0, 0.1) is 0 Å². The summed E-state index contributed by atoms with van der Waals surface area (Å²) in [6.45, 7) is 5.36.